The number of carbonyl (C=O) groups excluding carboxylic acids is 1. The lowest BCUT2D eigenvalue weighted by Gasteiger charge is -2.04. The topological polar surface area (TPSA) is 41.1 Å². The van der Waals surface area contributed by atoms with E-state index in [1.807, 2.05) is 13.8 Å². The third kappa shape index (κ3) is 11.0. The van der Waals surface area contributed by atoms with Crippen LogP contribution in [-0.2, 0) is 4.79 Å². The summed E-state index contributed by atoms with van der Waals surface area (Å²) >= 11 is 0. The minimum atomic E-state index is 0.0335. The second-order valence-corrected chi connectivity index (χ2v) is 4.66. The summed E-state index contributed by atoms with van der Waals surface area (Å²) in [7, 11) is 0. The maximum Gasteiger partial charge on any atom is 0.222 e. The van der Waals surface area contributed by atoms with Gasteiger partial charge in [0.15, 0.2) is 0 Å². The van der Waals surface area contributed by atoms with Crippen LogP contribution in [0.25, 0.3) is 0 Å². The molecule has 2 N–H and O–H groups in total. The summed E-state index contributed by atoms with van der Waals surface area (Å²) in [5.74, 6) is 11.6. The van der Waals surface area contributed by atoms with Crippen LogP contribution in [0, 0.1) is 29.6 Å². The molecule has 100 valence electrons. The van der Waals surface area contributed by atoms with Crippen LogP contribution in [0.15, 0.2) is 0 Å². The Morgan fingerprint density at radius 2 is 1.56 bits per heavy atom. The number of hydrogen-bond acceptors (Lipinski definition) is 2. The van der Waals surface area contributed by atoms with Gasteiger partial charge < -0.3 is 10.6 Å². The number of rotatable bonds is 6. The van der Waals surface area contributed by atoms with Crippen LogP contribution in [0.5, 0.6) is 0 Å². The van der Waals surface area contributed by atoms with Crippen LogP contribution in [0.2, 0.25) is 0 Å². The Labute approximate surface area is 111 Å². The first-order chi connectivity index (χ1) is 8.54. The molecule has 0 spiro atoms. The van der Waals surface area contributed by atoms with E-state index in [1.165, 1.54) is 0 Å². The molecule has 0 saturated heterocycles. The Kier molecular flexibility index (Phi) is 9.83. The highest BCUT2D eigenvalue weighted by Crippen LogP contribution is 1.89. The molecule has 0 aromatic heterocycles. The fraction of sp³-hybridized carbons (Fsp3) is 0.667. The van der Waals surface area contributed by atoms with Gasteiger partial charge in [0.25, 0.3) is 0 Å². The molecule has 0 aliphatic heterocycles. The zero-order valence-electron chi connectivity index (χ0n) is 11.9. The lowest BCUT2D eigenvalue weighted by molar-refractivity contribution is -0.123. The smallest absolute Gasteiger partial charge is 0.222 e. The van der Waals surface area contributed by atoms with Crippen molar-refractivity contribution in [1.82, 2.24) is 10.6 Å². The van der Waals surface area contributed by atoms with Crippen LogP contribution < -0.4 is 10.6 Å². The Morgan fingerprint density at radius 1 is 1.00 bits per heavy atom. The van der Waals surface area contributed by atoms with Gasteiger partial charge in [0.05, 0.1) is 0 Å². The van der Waals surface area contributed by atoms with Crippen molar-refractivity contribution in [1.29, 1.82) is 0 Å². The first kappa shape index (κ1) is 16.6. The third-order valence-electron chi connectivity index (χ3n) is 2.12. The van der Waals surface area contributed by atoms with Crippen LogP contribution in [0.3, 0.4) is 0 Å². The van der Waals surface area contributed by atoms with E-state index in [1.54, 1.807) is 0 Å². The molecule has 3 heteroatoms. The predicted molar refractivity (Wildman–Crippen MR) is 75.8 cm³/mol. The van der Waals surface area contributed by atoms with Gasteiger partial charge in [0.1, 0.15) is 0 Å². The van der Waals surface area contributed by atoms with Gasteiger partial charge in [-0.2, -0.15) is 0 Å². The normalized spacial score (nSPS) is 9.44. The first-order valence-corrected chi connectivity index (χ1v) is 6.51. The number of hydrogen-bond donors (Lipinski definition) is 2. The molecule has 0 rings (SSSR count). The Balaban J connectivity index is 3.55. The van der Waals surface area contributed by atoms with Crippen LogP contribution in [0.1, 0.15) is 40.5 Å². The van der Waals surface area contributed by atoms with Crippen molar-refractivity contribution in [3.8, 4) is 23.7 Å². The molecule has 0 aromatic rings. The molecule has 0 radical (unpaired) electrons. The summed E-state index contributed by atoms with van der Waals surface area (Å²) in [5, 5.41) is 6.09. The molecule has 0 unspecified atom stereocenters. The van der Waals surface area contributed by atoms with E-state index in [0.717, 1.165) is 13.0 Å². The van der Waals surface area contributed by atoms with Gasteiger partial charge in [-0.15, -0.1) is 0 Å². The van der Waals surface area contributed by atoms with Gasteiger partial charge in [-0.25, -0.2) is 0 Å². The van der Waals surface area contributed by atoms with Crippen molar-refractivity contribution < 1.29 is 4.79 Å². The van der Waals surface area contributed by atoms with Crippen LogP contribution in [0.4, 0.5) is 0 Å². The highest BCUT2D eigenvalue weighted by molar-refractivity contribution is 5.77. The average Bonchev–Trinajstić information content (AvgIpc) is 2.30. The SMILES string of the molecule is CC(C)NCCC#CC#CCCNC(=O)C(C)C. The Hall–Kier alpha value is -1.45. The molecule has 18 heavy (non-hydrogen) atoms. The summed E-state index contributed by atoms with van der Waals surface area (Å²) in [6.45, 7) is 9.46. The molecule has 0 bridgehead atoms. The second kappa shape index (κ2) is 10.7. The van der Waals surface area contributed by atoms with Gasteiger partial charge in [0, 0.05) is 37.9 Å². The molecular weight excluding hydrogens is 224 g/mol. The summed E-state index contributed by atoms with van der Waals surface area (Å²) in [4.78, 5) is 11.2. The molecule has 1 amide bonds. The lowest BCUT2D eigenvalue weighted by atomic mass is 10.2. The van der Waals surface area contributed by atoms with Gasteiger partial charge in [-0.1, -0.05) is 39.5 Å². The zero-order chi connectivity index (χ0) is 13.8. The molecule has 0 atom stereocenters. The van der Waals surface area contributed by atoms with Crippen molar-refractivity contribution in [2.24, 2.45) is 5.92 Å². The van der Waals surface area contributed by atoms with Crippen LogP contribution in [-0.4, -0.2) is 25.0 Å². The van der Waals surface area contributed by atoms with E-state index >= 15 is 0 Å². The summed E-state index contributed by atoms with van der Waals surface area (Å²) in [5.41, 5.74) is 0. The fourth-order valence-corrected chi connectivity index (χ4v) is 1.09. The van der Waals surface area contributed by atoms with E-state index in [-0.39, 0.29) is 11.8 Å². The molecule has 0 aliphatic rings. The number of amides is 1. The largest absolute Gasteiger partial charge is 0.355 e. The van der Waals surface area contributed by atoms with Crippen molar-refractivity contribution >= 4 is 5.91 Å². The monoisotopic (exact) mass is 248 g/mol. The average molecular weight is 248 g/mol. The number of nitrogens with one attached hydrogen (secondary N) is 2. The maximum atomic E-state index is 11.2. The molecule has 0 aromatic carbocycles. The second-order valence-electron chi connectivity index (χ2n) is 4.66. The summed E-state index contributed by atoms with van der Waals surface area (Å²) < 4.78 is 0. The Morgan fingerprint density at radius 3 is 2.06 bits per heavy atom. The zero-order valence-corrected chi connectivity index (χ0v) is 11.9. The number of carbonyl (C=O) groups is 1. The van der Waals surface area contributed by atoms with E-state index < -0.39 is 0 Å². The molecule has 3 nitrogen and oxygen atoms in total. The fourth-order valence-electron chi connectivity index (χ4n) is 1.09. The van der Waals surface area contributed by atoms with E-state index in [0.29, 0.717) is 19.0 Å². The maximum absolute atomic E-state index is 11.2. The van der Waals surface area contributed by atoms with Gasteiger partial charge in [0.2, 0.25) is 5.91 Å². The lowest BCUT2D eigenvalue weighted by Crippen LogP contribution is -2.28. The first-order valence-electron chi connectivity index (χ1n) is 6.51. The minimum Gasteiger partial charge on any atom is -0.355 e. The van der Waals surface area contributed by atoms with E-state index in [9.17, 15) is 4.79 Å². The summed E-state index contributed by atoms with van der Waals surface area (Å²) in [6.07, 6.45) is 1.47. The molecule has 0 aliphatic carbocycles. The standard InChI is InChI=1S/C15H24N2O/c1-13(2)15(18)17-12-10-8-6-5-7-9-11-16-14(3)4/h13-14,16H,9-12H2,1-4H3,(H,17,18). The Bertz CT molecular complexity index is 350. The van der Waals surface area contributed by atoms with Gasteiger partial charge in [-0.05, 0) is 11.8 Å². The highest BCUT2D eigenvalue weighted by atomic mass is 16.1. The predicted octanol–water partition coefficient (Wildman–Crippen LogP) is 1.54. The van der Waals surface area contributed by atoms with Gasteiger partial charge >= 0.3 is 0 Å². The van der Waals surface area contributed by atoms with Crippen molar-refractivity contribution in [2.45, 2.75) is 46.6 Å². The van der Waals surface area contributed by atoms with Crippen molar-refractivity contribution in [2.75, 3.05) is 13.1 Å². The molecular formula is C15H24N2O. The highest BCUT2D eigenvalue weighted by Gasteiger charge is 2.03. The van der Waals surface area contributed by atoms with Gasteiger partial charge in [-0.3, -0.25) is 4.79 Å². The molecule has 0 saturated carbocycles. The third-order valence-corrected chi connectivity index (χ3v) is 2.12. The van der Waals surface area contributed by atoms with Crippen molar-refractivity contribution in [3.05, 3.63) is 0 Å². The quantitative estimate of drug-likeness (QED) is 0.553. The van der Waals surface area contributed by atoms with Crippen LogP contribution >= 0.6 is 0 Å². The minimum absolute atomic E-state index is 0.0335. The van der Waals surface area contributed by atoms with Crippen molar-refractivity contribution in [3.63, 3.8) is 0 Å². The van der Waals surface area contributed by atoms with E-state index in [4.69, 9.17) is 0 Å². The molecule has 0 heterocycles. The molecule has 0 fully saturated rings. The van der Waals surface area contributed by atoms with E-state index in [2.05, 4.69) is 48.2 Å². The summed E-state index contributed by atoms with van der Waals surface area (Å²) in [6, 6.07) is 0.502.